The van der Waals surface area contributed by atoms with Gasteiger partial charge in [0.1, 0.15) is 0 Å². The van der Waals surface area contributed by atoms with Gasteiger partial charge in [-0.2, -0.15) is 4.99 Å². The Morgan fingerprint density at radius 2 is 1.94 bits per heavy atom. The Morgan fingerprint density at radius 1 is 1.23 bits per heavy atom. The zero-order chi connectivity index (χ0) is 22.6. The van der Waals surface area contributed by atoms with Crippen molar-refractivity contribution in [2.45, 2.75) is 24.8 Å². The van der Waals surface area contributed by atoms with Gasteiger partial charge in [0, 0.05) is 32.2 Å². The molecular weight excluding hydrogens is 442 g/mol. The molecule has 0 atom stereocenters. The summed E-state index contributed by atoms with van der Waals surface area (Å²) in [5, 5.41) is 11.1. The molecule has 1 aromatic heterocycles. The SMILES string of the molecule is COCCn1c(=NC(=O)CCS(=O)(=O)c2ccc(C)cc2)sc2ccc([N+](=O)[O-])cc21. The number of nitro benzene ring substituents is 1. The summed E-state index contributed by atoms with van der Waals surface area (Å²) in [6.45, 7) is 2.51. The molecule has 1 amide bonds. The Hall–Kier alpha value is -2.89. The second kappa shape index (κ2) is 9.50. The number of aromatic nitrogens is 1. The number of carbonyl (C=O) groups is 1. The molecule has 3 rings (SSSR count). The summed E-state index contributed by atoms with van der Waals surface area (Å²) in [5.41, 5.74) is 1.43. The minimum Gasteiger partial charge on any atom is -0.383 e. The highest BCUT2D eigenvalue weighted by atomic mass is 32.2. The molecule has 1 heterocycles. The van der Waals surface area contributed by atoms with Gasteiger partial charge in [-0.15, -0.1) is 0 Å². The molecule has 0 bridgehead atoms. The van der Waals surface area contributed by atoms with Crippen LogP contribution >= 0.6 is 11.3 Å². The van der Waals surface area contributed by atoms with E-state index in [4.69, 9.17) is 4.74 Å². The Morgan fingerprint density at radius 3 is 2.58 bits per heavy atom. The van der Waals surface area contributed by atoms with Crippen molar-refractivity contribution in [2.75, 3.05) is 19.5 Å². The first-order valence-corrected chi connectivity index (χ1v) is 11.8. The van der Waals surface area contributed by atoms with E-state index in [1.165, 1.54) is 42.7 Å². The fourth-order valence-electron chi connectivity index (χ4n) is 2.90. The minimum absolute atomic E-state index is 0.0708. The van der Waals surface area contributed by atoms with Crippen LogP contribution in [0.15, 0.2) is 52.4 Å². The molecule has 11 heteroatoms. The van der Waals surface area contributed by atoms with Crippen molar-refractivity contribution < 1.29 is 22.9 Å². The van der Waals surface area contributed by atoms with Crippen molar-refractivity contribution in [2.24, 2.45) is 4.99 Å². The standard InChI is InChI=1S/C20H21N3O6S2/c1-14-3-6-16(7-4-14)31(27,28)12-9-19(24)21-20-22(10-11-29-2)17-13-15(23(25)26)5-8-18(17)30-20/h3-8,13H,9-12H2,1-2H3. The molecule has 0 radical (unpaired) electrons. The number of sulfone groups is 1. The second-order valence-corrected chi connectivity index (χ2v) is 9.94. The summed E-state index contributed by atoms with van der Waals surface area (Å²) < 4.78 is 32.4. The van der Waals surface area contributed by atoms with E-state index in [1.54, 1.807) is 22.8 Å². The van der Waals surface area contributed by atoms with Gasteiger partial charge in [-0.1, -0.05) is 29.0 Å². The molecule has 3 aromatic rings. The van der Waals surface area contributed by atoms with Crippen LogP contribution in [0.1, 0.15) is 12.0 Å². The fourth-order valence-corrected chi connectivity index (χ4v) is 5.19. The molecule has 0 saturated heterocycles. The van der Waals surface area contributed by atoms with Gasteiger partial charge in [0.15, 0.2) is 14.6 Å². The first-order valence-electron chi connectivity index (χ1n) is 9.35. The molecule has 9 nitrogen and oxygen atoms in total. The van der Waals surface area contributed by atoms with Crippen LogP contribution in [0, 0.1) is 17.0 Å². The van der Waals surface area contributed by atoms with Crippen LogP contribution in [0.3, 0.4) is 0 Å². The third kappa shape index (κ3) is 5.43. The monoisotopic (exact) mass is 463 g/mol. The second-order valence-electron chi connectivity index (χ2n) is 6.83. The summed E-state index contributed by atoms with van der Waals surface area (Å²) in [7, 11) is -2.08. The number of nitro groups is 1. The van der Waals surface area contributed by atoms with Gasteiger partial charge in [-0.25, -0.2) is 8.42 Å². The van der Waals surface area contributed by atoms with Crippen LogP contribution in [0.2, 0.25) is 0 Å². The van der Waals surface area contributed by atoms with Crippen LogP contribution in [0.4, 0.5) is 5.69 Å². The van der Waals surface area contributed by atoms with Crippen molar-refractivity contribution in [3.8, 4) is 0 Å². The first-order chi connectivity index (χ1) is 14.7. The maximum Gasteiger partial charge on any atom is 0.271 e. The van der Waals surface area contributed by atoms with Gasteiger partial charge in [-0.05, 0) is 25.1 Å². The molecule has 164 valence electrons. The van der Waals surface area contributed by atoms with Crippen molar-refractivity contribution >= 4 is 43.0 Å². The average molecular weight is 464 g/mol. The van der Waals surface area contributed by atoms with E-state index in [0.717, 1.165) is 10.3 Å². The third-order valence-electron chi connectivity index (χ3n) is 4.58. The summed E-state index contributed by atoms with van der Waals surface area (Å²) in [4.78, 5) is 27.7. The number of rotatable bonds is 8. The van der Waals surface area contributed by atoms with Gasteiger partial charge in [-0.3, -0.25) is 14.9 Å². The molecule has 0 N–H and O–H groups in total. The van der Waals surface area contributed by atoms with Gasteiger partial charge in [0.2, 0.25) is 5.91 Å². The topological polar surface area (TPSA) is 121 Å². The smallest absolute Gasteiger partial charge is 0.271 e. The highest BCUT2D eigenvalue weighted by Crippen LogP contribution is 2.23. The highest BCUT2D eigenvalue weighted by Gasteiger charge is 2.17. The lowest BCUT2D eigenvalue weighted by molar-refractivity contribution is -0.384. The molecule has 0 aliphatic rings. The van der Waals surface area contributed by atoms with E-state index in [0.29, 0.717) is 23.5 Å². The molecule has 0 spiro atoms. The van der Waals surface area contributed by atoms with Gasteiger partial charge in [0.05, 0.1) is 32.4 Å². The summed E-state index contributed by atoms with van der Waals surface area (Å²) >= 11 is 1.20. The van der Waals surface area contributed by atoms with Crippen molar-refractivity contribution in [1.82, 2.24) is 4.57 Å². The Bertz CT molecular complexity index is 1290. The number of hydrogen-bond acceptors (Lipinski definition) is 7. The van der Waals surface area contributed by atoms with E-state index in [1.807, 2.05) is 6.92 Å². The lowest BCUT2D eigenvalue weighted by Gasteiger charge is -2.05. The Kier molecular flexibility index (Phi) is 6.98. The summed E-state index contributed by atoms with van der Waals surface area (Å²) in [6, 6.07) is 10.9. The van der Waals surface area contributed by atoms with Crippen LogP contribution in [0.5, 0.6) is 0 Å². The lowest BCUT2D eigenvalue weighted by atomic mass is 10.2. The van der Waals surface area contributed by atoms with Crippen molar-refractivity contribution in [1.29, 1.82) is 0 Å². The largest absolute Gasteiger partial charge is 0.383 e. The van der Waals surface area contributed by atoms with E-state index >= 15 is 0 Å². The summed E-state index contributed by atoms with van der Waals surface area (Å²) in [6.07, 6.45) is -0.269. The third-order valence-corrected chi connectivity index (χ3v) is 7.37. The van der Waals surface area contributed by atoms with Gasteiger partial charge < -0.3 is 9.30 Å². The van der Waals surface area contributed by atoms with Crippen LogP contribution < -0.4 is 4.80 Å². The van der Waals surface area contributed by atoms with Crippen LogP contribution in [-0.4, -0.2) is 43.3 Å². The molecule has 0 saturated carbocycles. The van der Waals surface area contributed by atoms with Gasteiger partial charge in [0.25, 0.3) is 5.69 Å². The maximum absolute atomic E-state index is 12.5. The fraction of sp³-hybridized carbons (Fsp3) is 0.300. The molecule has 2 aromatic carbocycles. The lowest BCUT2D eigenvalue weighted by Crippen LogP contribution is -2.20. The Balaban J connectivity index is 1.88. The molecule has 0 fully saturated rings. The number of fused-ring (bicyclic) bond motifs is 1. The van der Waals surface area contributed by atoms with Crippen molar-refractivity contribution in [3.63, 3.8) is 0 Å². The highest BCUT2D eigenvalue weighted by molar-refractivity contribution is 7.91. The predicted molar refractivity (Wildman–Crippen MR) is 117 cm³/mol. The van der Waals surface area contributed by atoms with Crippen LogP contribution in [-0.2, 0) is 25.9 Å². The molecule has 0 aliphatic carbocycles. The molecule has 31 heavy (non-hydrogen) atoms. The minimum atomic E-state index is -3.61. The average Bonchev–Trinajstić information content (AvgIpc) is 3.07. The number of amides is 1. The summed E-state index contributed by atoms with van der Waals surface area (Å²) in [5.74, 6) is -0.935. The quantitative estimate of drug-likeness (QED) is 0.374. The number of nitrogens with zero attached hydrogens (tertiary/aromatic N) is 3. The number of ether oxygens (including phenoxy) is 1. The number of aryl methyl sites for hydroxylation is 1. The Labute approximate surface area is 182 Å². The van der Waals surface area contributed by atoms with E-state index in [9.17, 15) is 23.3 Å². The number of thiazole rings is 1. The van der Waals surface area contributed by atoms with Gasteiger partial charge >= 0.3 is 0 Å². The maximum atomic E-state index is 12.5. The first kappa shape index (κ1) is 22.8. The van der Waals surface area contributed by atoms with E-state index < -0.39 is 20.7 Å². The zero-order valence-corrected chi connectivity index (χ0v) is 18.6. The van der Waals surface area contributed by atoms with E-state index in [-0.39, 0.29) is 22.8 Å². The number of benzene rings is 2. The molecular formula is C20H21N3O6S2. The number of methoxy groups -OCH3 is 1. The number of carbonyl (C=O) groups excluding carboxylic acids is 1. The zero-order valence-electron chi connectivity index (χ0n) is 17.0. The number of non-ortho nitro benzene ring substituents is 1. The van der Waals surface area contributed by atoms with E-state index in [2.05, 4.69) is 4.99 Å². The molecule has 0 unspecified atom stereocenters. The molecule has 0 aliphatic heterocycles. The number of hydrogen-bond donors (Lipinski definition) is 0. The van der Waals surface area contributed by atoms with Crippen LogP contribution in [0.25, 0.3) is 10.2 Å². The predicted octanol–water partition coefficient (Wildman–Crippen LogP) is 2.86. The normalized spacial score (nSPS) is 12.4. The van der Waals surface area contributed by atoms with Crippen molar-refractivity contribution in [3.05, 3.63) is 62.9 Å².